The maximum absolute atomic E-state index is 12.1. The molecule has 0 radical (unpaired) electrons. The van der Waals surface area contributed by atoms with Crippen LogP contribution in [0.25, 0.3) is 0 Å². The first-order chi connectivity index (χ1) is 5.55. The summed E-state index contributed by atoms with van der Waals surface area (Å²) >= 11 is 0. The molecule has 1 aliphatic rings. The Bertz CT molecular complexity index is 222. The smallest absolute Gasteiger partial charge is 0.468 e. The van der Waals surface area contributed by atoms with Gasteiger partial charge < -0.3 is 4.74 Å². The number of alkyl halides is 3. The SMILES string of the molecule is COC1=NC=NCN1C(F)(F)F. The van der Waals surface area contributed by atoms with Crippen LogP contribution in [0.1, 0.15) is 0 Å². The Balaban J connectivity index is 2.79. The molecular weight excluding hydrogens is 175 g/mol. The molecule has 0 bridgehead atoms. The average Bonchev–Trinajstić information content (AvgIpc) is 2.03. The van der Waals surface area contributed by atoms with Crippen LogP contribution >= 0.6 is 0 Å². The minimum Gasteiger partial charge on any atom is -0.468 e. The van der Waals surface area contributed by atoms with Gasteiger partial charge in [-0.05, 0) is 0 Å². The summed E-state index contributed by atoms with van der Waals surface area (Å²) < 4.78 is 40.6. The van der Waals surface area contributed by atoms with Crippen molar-refractivity contribution in [1.29, 1.82) is 0 Å². The van der Waals surface area contributed by atoms with Gasteiger partial charge in [0.25, 0.3) is 0 Å². The number of rotatable bonds is 0. The van der Waals surface area contributed by atoms with Crippen molar-refractivity contribution < 1.29 is 17.9 Å². The highest BCUT2D eigenvalue weighted by Crippen LogP contribution is 2.22. The third-order valence-corrected chi connectivity index (χ3v) is 1.19. The lowest BCUT2D eigenvalue weighted by Crippen LogP contribution is -2.45. The second-order valence-electron chi connectivity index (χ2n) is 1.95. The minimum atomic E-state index is -4.49. The van der Waals surface area contributed by atoms with Gasteiger partial charge in [-0.15, -0.1) is 13.2 Å². The standard InChI is InChI=1S/C5H6F3N3O/c1-12-4-10-2-9-3-11(4)5(6,7)8/h2H,3H2,1H3. The largest absolute Gasteiger partial charge is 0.490 e. The van der Waals surface area contributed by atoms with E-state index in [9.17, 15) is 13.2 Å². The van der Waals surface area contributed by atoms with Crippen molar-refractivity contribution in [2.75, 3.05) is 13.8 Å². The Labute approximate surface area is 66.4 Å². The maximum Gasteiger partial charge on any atom is 0.490 e. The van der Waals surface area contributed by atoms with Gasteiger partial charge >= 0.3 is 12.3 Å². The molecule has 68 valence electrons. The van der Waals surface area contributed by atoms with E-state index in [1.165, 1.54) is 0 Å². The molecule has 0 aromatic heterocycles. The zero-order valence-corrected chi connectivity index (χ0v) is 6.17. The maximum atomic E-state index is 12.1. The number of ether oxygens (including phenoxy) is 1. The predicted molar refractivity (Wildman–Crippen MR) is 35.7 cm³/mol. The van der Waals surface area contributed by atoms with Crippen LogP contribution in [0.2, 0.25) is 0 Å². The van der Waals surface area contributed by atoms with Gasteiger partial charge in [0, 0.05) is 0 Å². The van der Waals surface area contributed by atoms with Crippen molar-refractivity contribution >= 4 is 12.4 Å². The van der Waals surface area contributed by atoms with Crippen molar-refractivity contribution in [3.63, 3.8) is 0 Å². The summed E-state index contributed by atoms with van der Waals surface area (Å²) in [5, 5.41) is 0. The summed E-state index contributed by atoms with van der Waals surface area (Å²) in [5.74, 6) is 0. The lowest BCUT2D eigenvalue weighted by Gasteiger charge is -2.25. The number of methoxy groups -OCH3 is 1. The van der Waals surface area contributed by atoms with Crippen LogP contribution in [-0.2, 0) is 4.74 Å². The van der Waals surface area contributed by atoms with Crippen molar-refractivity contribution in [1.82, 2.24) is 4.90 Å². The lowest BCUT2D eigenvalue weighted by atomic mass is 10.7. The summed E-state index contributed by atoms with van der Waals surface area (Å²) in [4.78, 5) is 6.65. The van der Waals surface area contributed by atoms with Gasteiger partial charge in [-0.25, -0.2) is 4.90 Å². The summed E-state index contributed by atoms with van der Waals surface area (Å²) in [6.45, 7) is -0.504. The van der Waals surface area contributed by atoms with Gasteiger partial charge in [0.05, 0.1) is 7.11 Å². The van der Waals surface area contributed by atoms with Gasteiger partial charge in [-0.1, -0.05) is 0 Å². The van der Waals surface area contributed by atoms with E-state index in [-0.39, 0.29) is 4.90 Å². The van der Waals surface area contributed by atoms with E-state index in [4.69, 9.17) is 0 Å². The van der Waals surface area contributed by atoms with Crippen LogP contribution in [0.15, 0.2) is 9.98 Å². The molecule has 1 heterocycles. The van der Waals surface area contributed by atoms with Crippen molar-refractivity contribution in [3.05, 3.63) is 0 Å². The fraction of sp³-hybridized carbons (Fsp3) is 0.600. The number of hydrogen-bond donors (Lipinski definition) is 0. The fourth-order valence-corrected chi connectivity index (χ4v) is 0.690. The van der Waals surface area contributed by atoms with E-state index in [0.29, 0.717) is 0 Å². The van der Waals surface area contributed by atoms with Gasteiger partial charge in [-0.2, -0.15) is 4.99 Å². The van der Waals surface area contributed by atoms with Gasteiger partial charge in [0.2, 0.25) is 0 Å². The molecule has 0 fully saturated rings. The highest BCUT2D eigenvalue weighted by atomic mass is 19.4. The zero-order chi connectivity index (χ0) is 9.19. The molecule has 7 heteroatoms. The van der Waals surface area contributed by atoms with E-state index < -0.39 is 19.0 Å². The Morgan fingerprint density at radius 2 is 2.25 bits per heavy atom. The number of amidine groups is 1. The second kappa shape index (κ2) is 3.00. The number of halogens is 3. The normalized spacial score (nSPS) is 17.7. The van der Waals surface area contributed by atoms with E-state index in [1.54, 1.807) is 0 Å². The molecule has 0 N–H and O–H groups in total. The monoisotopic (exact) mass is 181 g/mol. The average molecular weight is 181 g/mol. The van der Waals surface area contributed by atoms with Crippen molar-refractivity contribution in [2.45, 2.75) is 6.30 Å². The zero-order valence-electron chi connectivity index (χ0n) is 6.17. The summed E-state index contributed by atoms with van der Waals surface area (Å²) in [6.07, 6.45) is -3.46. The quantitative estimate of drug-likeness (QED) is 0.518. The predicted octanol–water partition coefficient (Wildman–Crippen LogP) is 0.810. The van der Waals surface area contributed by atoms with Crippen LogP contribution in [0.3, 0.4) is 0 Å². The van der Waals surface area contributed by atoms with Gasteiger partial charge in [0.1, 0.15) is 13.0 Å². The summed E-state index contributed by atoms with van der Waals surface area (Å²) in [7, 11) is 1.12. The van der Waals surface area contributed by atoms with Crippen LogP contribution < -0.4 is 0 Å². The molecule has 0 aromatic carbocycles. The molecule has 1 aliphatic heterocycles. The van der Waals surface area contributed by atoms with Crippen molar-refractivity contribution in [2.24, 2.45) is 9.98 Å². The second-order valence-corrected chi connectivity index (χ2v) is 1.95. The first-order valence-electron chi connectivity index (χ1n) is 3.00. The van der Waals surface area contributed by atoms with Crippen LogP contribution in [0.4, 0.5) is 13.2 Å². The minimum absolute atomic E-state index is 0.00694. The first kappa shape index (κ1) is 8.82. The topological polar surface area (TPSA) is 37.2 Å². The van der Waals surface area contributed by atoms with E-state index in [2.05, 4.69) is 14.7 Å². The molecule has 0 atom stereocenters. The number of nitrogens with zero attached hydrogens (tertiary/aromatic N) is 3. The first-order valence-corrected chi connectivity index (χ1v) is 3.00. The Morgan fingerprint density at radius 3 is 2.67 bits per heavy atom. The molecule has 0 aliphatic carbocycles. The summed E-state index contributed by atoms with van der Waals surface area (Å²) in [5.41, 5.74) is 0. The number of hydrogen-bond acceptors (Lipinski definition) is 4. The molecule has 0 saturated carbocycles. The summed E-state index contributed by atoms with van der Waals surface area (Å²) in [6, 6.07) is -0.488. The molecule has 0 spiro atoms. The van der Waals surface area contributed by atoms with Crippen LogP contribution in [0.5, 0.6) is 0 Å². The third-order valence-electron chi connectivity index (χ3n) is 1.19. The highest BCUT2D eigenvalue weighted by Gasteiger charge is 2.41. The molecule has 4 nitrogen and oxygen atoms in total. The van der Waals surface area contributed by atoms with E-state index in [1.807, 2.05) is 0 Å². The molecule has 12 heavy (non-hydrogen) atoms. The van der Waals surface area contributed by atoms with Gasteiger partial charge in [-0.3, -0.25) is 4.99 Å². The molecule has 1 rings (SSSR count). The number of aliphatic imine (C=N–C) groups is 2. The van der Waals surface area contributed by atoms with E-state index in [0.717, 1.165) is 13.4 Å². The Kier molecular flexibility index (Phi) is 2.20. The lowest BCUT2D eigenvalue weighted by molar-refractivity contribution is -0.222. The van der Waals surface area contributed by atoms with Crippen molar-refractivity contribution in [3.8, 4) is 0 Å². The molecular formula is C5H6F3N3O. The van der Waals surface area contributed by atoms with Gasteiger partial charge in [0.15, 0.2) is 0 Å². The molecule has 0 aromatic rings. The highest BCUT2D eigenvalue weighted by molar-refractivity contribution is 5.84. The van der Waals surface area contributed by atoms with Crippen LogP contribution in [-0.4, -0.2) is 37.3 Å². The van der Waals surface area contributed by atoms with E-state index >= 15 is 0 Å². The fourth-order valence-electron chi connectivity index (χ4n) is 0.690. The Hall–Kier alpha value is -1.27. The molecule has 0 unspecified atom stereocenters. The van der Waals surface area contributed by atoms with Crippen LogP contribution in [0, 0.1) is 0 Å². The third kappa shape index (κ3) is 1.66. The molecule has 0 saturated heterocycles. The Morgan fingerprint density at radius 1 is 1.58 bits per heavy atom. The molecule has 0 amide bonds.